The average molecular weight is 291 g/mol. The molecule has 17 heavy (non-hydrogen) atoms. The molecule has 0 aliphatic heterocycles. The van der Waals surface area contributed by atoms with E-state index in [0.717, 1.165) is 16.6 Å². The van der Waals surface area contributed by atoms with Crippen molar-refractivity contribution in [3.63, 3.8) is 0 Å². The molecule has 0 atom stereocenters. The lowest BCUT2D eigenvalue weighted by Gasteiger charge is -2.08. The third kappa shape index (κ3) is 3.34. The topological polar surface area (TPSA) is 9.23 Å². The van der Waals surface area contributed by atoms with Crippen LogP contribution >= 0.6 is 15.9 Å². The molecule has 2 aromatic rings. The molecule has 0 unspecified atom stereocenters. The highest BCUT2D eigenvalue weighted by atomic mass is 79.9. The number of hydrogen-bond acceptors (Lipinski definition) is 1. The molecule has 0 fully saturated rings. The standard InChI is InChI=1S/C15H15BrO/c1-2-13-10-14(8-9-15(13)16)17-11-12-6-4-3-5-7-12/h3-10H,2,11H2,1H3. The summed E-state index contributed by atoms with van der Waals surface area (Å²) in [6, 6.07) is 16.3. The highest BCUT2D eigenvalue weighted by Crippen LogP contribution is 2.23. The number of aryl methyl sites for hydroxylation is 1. The van der Waals surface area contributed by atoms with Crippen LogP contribution in [0.15, 0.2) is 53.0 Å². The molecule has 0 aliphatic rings. The first-order valence-corrected chi connectivity index (χ1v) is 6.54. The van der Waals surface area contributed by atoms with Gasteiger partial charge in [-0.25, -0.2) is 0 Å². The second-order valence-corrected chi connectivity index (χ2v) is 4.74. The highest BCUT2D eigenvalue weighted by Gasteiger charge is 2.01. The van der Waals surface area contributed by atoms with Crippen molar-refractivity contribution < 1.29 is 4.74 Å². The molecule has 0 saturated heterocycles. The van der Waals surface area contributed by atoms with Crippen molar-refractivity contribution in [2.24, 2.45) is 0 Å². The molecular weight excluding hydrogens is 276 g/mol. The Kier molecular flexibility index (Phi) is 4.21. The van der Waals surface area contributed by atoms with Gasteiger partial charge >= 0.3 is 0 Å². The molecule has 2 aromatic carbocycles. The third-order valence-electron chi connectivity index (χ3n) is 2.65. The monoisotopic (exact) mass is 290 g/mol. The predicted octanol–water partition coefficient (Wildman–Crippen LogP) is 4.59. The fourth-order valence-corrected chi connectivity index (χ4v) is 2.18. The first kappa shape index (κ1) is 12.2. The van der Waals surface area contributed by atoms with Crippen molar-refractivity contribution in [3.8, 4) is 5.75 Å². The zero-order valence-electron chi connectivity index (χ0n) is 9.82. The molecule has 0 bridgehead atoms. The van der Waals surface area contributed by atoms with Gasteiger partial charge in [0, 0.05) is 4.47 Å². The Morgan fingerprint density at radius 1 is 1.06 bits per heavy atom. The van der Waals surface area contributed by atoms with Gasteiger partial charge in [-0.05, 0) is 35.7 Å². The Morgan fingerprint density at radius 2 is 1.82 bits per heavy atom. The maximum atomic E-state index is 5.77. The summed E-state index contributed by atoms with van der Waals surface area (Å²) in [5, 5.41) is 0. The van der Waals surface area contributed by atoms with Crippen LogP contribution in [-0.2, 0) is 13.0 Å². The van der Waals surface area contributed by atoms with E-state index in [1.165, 1.54) is 11.1 Å². The molecule has 0 saturated carbocycles. The van der Waals surface area contributed by atoms with Gasteiger partial charge in [0.15, 0.2) is 0 Å². The van der Waals surface area contributed by atoms with E-state index in [1.54, 1.807) is 0 Å². The summed E-state index contributed by atoms with van der Waals surface area (Å²) < 4.78 is 6.91. The number of ether oxygens (including phenoxy) is 1. The zero-order chi connectivity index (χ0) is 12.1. The molecule has 0 radical (unpaired) electrons. The smallest absolute Gasteiger partial charge is 0.120 e. The molecule has 2 heteroatoms. The largest absolute Gasteiger partial charge is 0.489 e. The van der Waals surface area contributed by atoms with Gasteiger partial charge in [-0.1, -0.05) is 53.2 Å². The van der Waals surface area contributed by atoms with E-state index in [-0.39, 0.29) is 0 Å². The lowest BCUT2D eigenvalue weighted by molar-refractivity contribution is 0.306. The average Bonchev–Trinajstić information content (AvgIpc) is 2.39. The Labute approximate surface area is 111 Å². The maximum absolute atomic E-state index is 5.77. The minimum Gasteiger partial charge on any atom is -0.489 e. The lowest BCUT2D eigenvalue weighted by Crippen LogP contribution is -1.95. The fraction of sp³-hybridized carbons (Fsp3) is 0.200. The molecule has 2 rings (SSSR count). The SMILES string of the molecule is CCc1cc(OCc2ccccc2)ccc1Br. The zero-order valence-corrected chi connectivity index (χ0v) is 11.4. The number of rotatable bonds is 4. The van der Waals surface area contributed by atoms with Crippen LogP contribution in [0.5, 0.6) is 5.75 Å². The minimum atomic E-state index is 0.617. The van der Waals surface area contributed by atoms with Gasteiger partial charge in [0.05, 0.1) is 0 Å². The van der Waals surface area contributed by atoms with E-state index >= 15 is 0 Å². The summed E-state index contributed by atoms with van der Waals surface area (Å²) in [6.07, 6.45) is 1.00. The van der Waals surface area contributed by atoms with Gasteiger partial charge in [-0.15, -0.1) is 0 Å². The van der Waals surface area contributed by atoms with Crippen LogP contribution in [0, 0.1) is 0 Å². The van der Waals surface area contributed by atoms with Crippen LogP contribution in [0.1, 0.15) is 18.1 Å². The molecule has 0 aliphatic carbocycles. The van der Waals surface area contributed by atoms with Crippen molar-refractivity contribution in [3.05, 3.63) is 64.1 Å². The number of benzene rings is 2. The summed E-state index contributed by atoms with van der Waals surface area (Å²) >= 11 is 3.53. The normalized spacial score (nSPS) is 10.2. The van der Waals surface area contributed by atoms with Gasteiger partial charge in [0.25, 0.3) is 0 Å². The van der Waals surface area contributed by atoms with Crippen molar-refractivity contribution >= 4 is 15.9 Å². The number of halogens is 1. The quantitative estimate of drug-likeness (QED) is 0.800. The van der Waals surface area contributed by atoms with E-state index in [2.05, 4.69) is 41.1 Å². The van der Waals surface area contributed by atoms with Gasteiger partial charge in [0.2, 0.25) is 0 Å². The fourth-order valence-electron chi connectivity index (χ4n) is 1.65. The van der Waals surface area contributed by atoms with Crippen molar-refractivity contribution in [2.75, 3.05) is 0 Å². The van der Waals surface area contributed by atoms with E-state index in [0.29, 0.717) is 6.61 Å². The minimum absolute atomic E-state index is 0.617. The molecule has 1 nitrogen and oxygen atoms in total. The van der Waals surface area contributed by atoms with E-state index in [1.807, 2.05) is 30.3 Å². The van der Waals surface area contributed by atoms with E-state index in [4.69, 9.17) is 4.74 Å². The molecule has 0 aromatic heterocycles. The molecule has 0 spiro atoms. The van der Waals surface area contributed by atoms with Crippen LogP contribution in [0.2, 0.25) is 0 Å². The molecular formula is C15H15BrO. The van der Waals surface area contributed by atoms with Crippen LogP contribution in [0.4, 0.5) is 0 Å². The van der Waals surface area contributed by atoms with Crippen molar-refractivity contribution in [1.29, 1.82) is 0 Å². The first-order valence-electron chi connectivity index (χ1n) is 5.74. The van der Waals surface area contributed by atoms with Gasteiger partial charge in [-0.3, -0.25) is 0 Å². The Bertz CT molecular complexity index is 480. The van der Waals surface area contributed by atoms with Gasteiger partial charge < -0.3 is 4.74 Å². The van der Waals surface area contributed by atoms with Crippen LogP contribution in [-0.4, -0.2) is 0 Å². The molecule has 0 N–H and O–H groups in total. The first-order chi connectivity index (χ1) is 8.29. The Morgan fingerprint density at radius 3 is 2.53 bits per heavy atom. The predicted molar refractivity (Wildman–Crippen MR) is 74.3 cm³/mol. The third-order valence-corrected chi connectivity index (χ3v) is 3.42. The molecule has 88 valence electrons. The summed E-state index contributed by atoms with van der Waals surface area (Å²) in [7, 11) is 0. The van der Waals surface area contributed by atoms with Gasteiger partial charge in [0.1, 0.15) is 12.4 Å². The highest BCUT2D eigenvalue weighted by molar-refractivity contribution is 9.10. The van der Waals surface area contributed by atoms with Crippen LogP contribution in [0.3, 0.4) is 0 Å². The van der Waals surface area contributed by atoms with Crippen LogP contribution in [0.25, 0.3) is 0 Å². The van der Waals surface area contributed by atoms with E-state index < -0.39 is 0 Å². The summed E-state index contributed by atoms with van der Waals surface area (Å²) in [5.41, 5.74) is 2.46. The maximum Gasteiger partial charge on any atom is 0.120 e. The summed E-state index contributed by atoms with van der Waals surface area (Å²) in [6.45, 7) is 2.76. The summed E-state index contributed by atoms with van der Waals surface area (Å²) in [4.78, 5) is 0. The molecule has 0 heterocycles. The summed E-state index contributed by atoms with van der Waals surface area (Å²) in [5.74, 6) is 0.925. The Hall–Kier alpha value is -1.28. The van der Waals surface area contributed by atoms with Crippen molar-refractivity contribution in [2.45, 2.75) is 20.0 Å². The second-order valence-electron chi connectivity index (χ2n) is 3.88. The Balaban J connectivity index is 2.04. The van der Waals surface area contributed by atoms with Crippen molar-refractivity contribution in [1.82, 2.24) is 0 Å². The molecule has 0 amide bonds. The second kappa shape index (κ2) is 5.87. The van der Waals surface area contributed by atoms with Gasteiger partial charge in [-0.2, -0.15) is 0 Å². The number of hydrogen-bond donors (Lipinski definition) is 0. The van der Waals surface area contributed by atoms with Crippen LogP contribution < -0.4 is 4.74 Å². The van der Waals surface area contributed by atoms with E-state index in [9.17, 15) is 0 Å². The lowest BCUT2D eigenvalue weighted by atomic mass is 10.1.